The van der Waals surface area contributed by atoms with Gasteiger partial charge in [0.2, 0.25) is 5.91 Å². The van der Waals surface area contributed by atoms with Gasteiger partial charge in [0.25, 0.3) is 5.69 Å². The molecule has 4 aromatic rings. The van der Waals surface area contributed by atoms with E-state index in [0.717, 1.165) is 28.3 Å². The Hall–Kier alpha value is -4.57. The van der Waals surface area contributed by atoms with Crippen molar-refractivity contribution in [2.75, 3.05) is 10.2 Å². The van der Waals surface area contributed by atoms with Gasteiger partial charge in [-0.1, -0.05) is 19.1 Å². The molecular weight excluding hydrogens is 500 g/mol. The number of nitrogens with zero attached hydrogens (tertiary/aromatic N) is 4. The van der Waals surface area contributed by atoms with E-state index in [1.807, 2.05) is 84.1 Å². The molecule has 1 saturated heterocycles. The van der Waals surface area contributed by atoms with Gasteiger partial charge in [-0.2, -0.15) is 0 Å². The zero-order chi connectivity index (χ0) is 26.8. The fourth-order valence-electron chi connectivity index (χ4n) is 4.74. The van der Waals surface area contributed by atoms with E-state index in [4.69, 9.17) is 12.2 Å². The molecule has 2 N–H and O–H groups in total. The number of aromatic nitrogens is 2. The Labute approximate surface area is 225 Å². The van der Waals surface area contributed by atoms with Crippen molar-refractivity contribution in [2.45, 2.75) is 32.4 Å². The van der Waals surface area contributed by atoms with Gasteiger partial charge in [-0.15, -0.1) is 0 Å². The highest BCUT2D eigenvalue weighted by Crippen LogP contribution is 2.43. The Balaban J connectivity index is 1.62. The molecule has 38 heavy (non-hydrogen) atoms. The number of pyridine rings is 1. The summed E-state index contributed by atoms with van der Waals surface area (Å²) >= 11 is 5.85. The van der Waals surface area contributed by atoms with Gasteiger partial charge in [0, 0.05) is 48.0 Å². The van der Waals surface area contributed by atoms with Crippen molar-refractivity contribution in [3.63, 3.8) is 0 Å². The molecule has 1 aliphatic rings. The fourth-order valence-corrected chi connectivity index (χ4v) is 5.08. The Morgan fingerprint density at radius 1 is 1.11 bits per heavy atom. The monoisotopic (exact) mass is 526 g/mol. The van der Waals surface area contributed by atoms with E-state index < -0.39 is 4.92 Å². The molecule has 9 nitrogen and oxygen atoms in total. The van der Waals surface area contributed by atoms with Crippen molar-refractivity contribution in [3.05, 3.63) is 112 Å². The van der Waals surface area contributed by atoms with Crippen LogP contribution < -0.4 is 15.5 Å². The van der Waals surface area contributed by atoms with Crippen LogP contribution in [0.4, 0.5) is 17.1 Å². The first-order chi connectivity index (χ1) is 18.4. The highest BCUT2D eigenvalue weighted by Gasteiger charge is 2.42. The number of nitro benzene ring substituents is 1. The van der Waals surface area contributed by atoms with E-state index >= 15 is 0 Å². The van der Waals surface area contributed by atoms with Crippen LogP contribution in [0.2, 0.25) is 0 Å². The maximum absolute atomic E-state index is 12.0. The SMILES string of the molecule is CCC(=O)Nc1ccc(N2C(=S)N[C@@H](c3ccccn3)[C@@H]2c2cccn2-c2cccc([N+](=O)[O-])c2)cc1C. The molecular formula is C28H26N6O3S. The molecule has 0 unspecified atom stereocenters. The first-order valence-corrected chi connectivity index (χ1v) is 12.6. The number of hydrogen-bond donors (Lipinski definition) is 2. The molecule has 0 saturated carbocycles. The molecule has 192 valence electrons. The number of aryl methyl sites for hydroxylation is 1. The number of non-ortho nitro benzene ring substituents is 1. The van der Waals surface area contributed by atoms with Crippen LogP contribution in [0.1, 0.15) is 42.4 Å². The molecule has 2 atom stereocenters. The minimum absolute atomic E-state index is 0.0145. The van der Waals surface area contributed by atoms with Crippen molar-refractivity contribution in [2.24, 2.45) is 0 Å². The lowest BCUT2D eigenvalue weighted by molar-refractivity contribution is -0.384. The van der Waals surface area contributed by atoms with Gasteiger partial charge in [0.15, 0.2) is 5.11 Å². The molecule has 2 aromatic carbocycles. The van der Waals surface area contributed by atoms with Crippen molar-refractivity contribution >= 4 is 40.3 Å². The van der Waals surface area contributed by atoms with Crippen LogP contribution in [0.5, 0.6) is 0 Å². The van der Waals surface area contributed by atoms with Gasteiger partial charge in [-0.3, -0.25) is 19.9 Å². The van der Waals surface area contributed by atoms with Crippen LogP contribution in [0.15, 0.2) is 85.2 Å². The highest BCUT2D eigenvalue weighted by molar-refractivity contribution is 7.80. The molecule has 2 aromatic heterocycles. The van der Waals surface area contributed by atoms with E-state index in [0.29, 0.717) is 17.2 Å². The quantitative estimate of drug-likeness (QED) is 0.183. The summed E-state index contributed by atoms with van der Waals surface area (Å²) < 4.78 is 1.94. The number of rotatable bonds is 7. The number of hydrogen-bond acceptors (Lipinski definition) is 5. The minimum Gasteiger partial charge on any atom is -0.351 e. The van der Waals surface area contributed by atoms with E-state index in [-0.39, 0.29) is 23.7 Å². The van der Waals surface area contributed by atoms with Crippen molar-refractivity contribution < 1.29 is 9.72 Å². The molecule has 1 aliphatic heterocycles. The Kier molecular flexibility index (Phi) is 6.89. The molecule has 1 amide bonds. The van der Waals surface area contributed by atoms with Gasteiger partial charge >= 0.3 is 0 Å². The summed E-state index contributed by atoms with van der Waals surface area (Å²) in [5.41, 5.74) is 4.89. The zero-order valence-electron chi connectivity index (χ0n) is 20.9. The van der Waals surface area contributed by atoms with Crippen molar-refractivity contribution in [3.8, 4) is 5.69 Å². The average Bonchev–Trinajstić information content (AvgIpc) is 3.54. The zero-order valence-corrected chi connectivity index (χ0v) is 21.7. The number of anilines is 2. The Morgan fingerprint density at radius 2 is 1.95 bits per heavy atom. The fraction of sp³-hybridized carbons (Fsp3) is 0.179. The summed E-state index contributed by atoms with van der Waals surface area (Å²) in [7, 11) is 0. The largest absolute Gasteiger partial charge is 0.351 e. The van der Waals surface area contributed by atoms with E-state index in [9.17, 15) is 14.9 Å². The van der Waals surface area contributed by atoms with Gasteiger partial charge in [-0.05, 0) is 73.2 Å². The molecule has 10 heteroatoms. The van der Waals surface area contributed by atoms with E-state index in [2.05, 4.69) is 15.6 Å². The second-order valence-electron chi connectivity index (χ2n) is 8.98. The minimum atomic E-state index is -0.399. The second kappa shape index (κ2) is 10.4. The van der Waals surface area contributed by atoms with Crippen LogP contribution in [-0.4, -0.2) is 25.5 Å². The summed E-state index contributed by atoms with van der Waals surface area (Å²) in [5, 5.41) is 18.4. The molecule has 5 rings (SSSR count). The summed E-state index contributed by atoms with van der Waals surface area (Å²) in [6.07, 6.45) is 4.02. The third kappa shape index (κ3) is 4.73. The molecule has 0 aliphatic carbocycles. The maximum atomic E-state index is 12.0. The molecule has 0 spiro atoms. The van der Waals surface area contributed by atoms with Gasteiger partial charge in [-0.25, -0.2) is 0 Å². The summed E-state index contributed by atoms with van der Waals surface area (Å²) in [4.78, 5) is 29.7. The smallest absolute Gasteiger partial charge is 0.271 e. The van der Waals surface area contributed by atoms with Crippen molar-refractivity contribution in [1.29, 1.82) is 0 Å². The van der Waals surface area contributed by atoms with Gasteiger partial charge in [0.1, 0.15) is 6.04 Å². The second-order valence-corrected chi connectivity index (χ2v) is 9.36. The van der Waals surface area contributed by atoms with Crippen LogP contribution in [0.25, 0.3) is 5.69 Å². The third-order valence-electron chi connectivity index (χ3n) is 6.58. The molecule has 3 heterocycles. The predicted octanol–water partition coefficient (Wildman–Crippen LogP) is 5.61. The lowest BCUT2D eigenvalue weighted by atomic mass is 10.00. The lowest BCUT2D eigenvalue weighted by Crippen LogP contribution is -2.30. The summed E-state index contributed by atoms with van der Waals surface area (Å²) in [5.74, 6) is -0.0536. The standard InChI is InChI=1S/C28H26N6O3S/c1-3-25(35)30-22-13-12-20(16-18(22)2)33-27(26(31-28(33)38)23-10-4-5-14-29-23)24-11-7-15-32(24)19-8-6-9-21(17-19)34(36)37/h4-17,26-27H,3H2,1-2H3,(H,30,35)(H,31,38)/t26-,27-/m0/s1. The van der Waals surface area contributed by atoms with Gasteiger partial charge < -0.3 is 20.1 Å². The highest BCUT2D eigenvalue weighted by atomic mass is 32.1. The number of carbonyl (C=O) groups excluding carboxylic acids is 1. The van der Waals surface area contributed by atoms with E-state index in [1.54, 1.807) is 18.3 Å². The Bertz CT molecular complexity index is 1520. The van der Waals surface area contributed by atoms with E-state index in [1.165, 1.54) is 6.07 Å². The first kappa shape index (κ1) is 25.1. The third-order valence-corrected chi connectivity index (χ3v) is 6.90. The van der Waals surface area contributed by atoms with Crippen LogP contribution >= 0.6 is 12.2 Å². The summed E-state index contributed by atoms with van der Waals surface area (Å²) in [6, 6.07) is 21.4. The summed E-state index contributed by atoms with van der Waals surface area (Å²) in [6.45, 7) is 3.75. The average molecular weight is 527 g/mol. The number of nitro groups is 1. The van der Waals surface area contributed by atoms with Crippen LogP contribution in [-0.2, 0) is 4.79 Å². The normalized spacial score (nSPS) is 16.8. The van der Waals surface area contributed by atoms with Crippen LogP contribution in [0, 0.1) is 17.0 Å². The molecule has 0 radical (unpaired) electrons. The first-order valence-electron chi connectivity index (χ1n) is 12.2. The molecule has 0 bridgehead atoms. The number of amides is 1. The number of thiocarbonyl (C=S) groups is 1. The maximum Gasteiger partial charge on any atom is 0.271 e. The number of nitrogens with one attached hydrogen (secondary N) is 2. The van der Waals surface area contributed by atoms with Gasteiger partial charge in [0.05, 0.1) is 22.3 Å². The number of benzene rings is 2. The van der Waals surface area contributed by atoms with Crippen molar-refractivity contribution in [1.82, 2.24) is 14.9 Å². The van der Waals surface area contributed by atoms with Crippen LogP contribution in [0.3, 0.4) is 0 Å². The topological polar surface area (TPSA) is 105 Å². The lowest BCUT2D eigenvalue weighted by Gasteiger charge is -2.29. The number of carbonyl (C=O) groups is 1. The Morgan fingerprint density at radius 3 is 2.66 bits per heavy atom. The predicted molar refractivity (Wildman–Crippen MR) is 150 cm³/mol. The molecule has 1 fully saturated rings.